The van der Waals surface area contributed by atoms with E-state index < -0.39 is 10.0 Å². The Kier molecular flexibility index (Phi) is 3.53. The molecule has 0 aromatic carbocycles. The molecule has 0 radical (unpaired) electrons. The molecule has 1 fully saturated rings. The molecule has 1 aliphatic rings. The molecule has 0 aliphatic carbocycles. The molecule has 5 heteroatoms. The lowest BCUT2D eigenvalue weighted by molar-refractivity contribution is -0.0739. The van der Waals surface area contributed by atoms with Crippen LogP contribution in [-0.4, -0.2) is 26.2 Å². The molecular weight excluding hydrogens is 226 g/mol. The summed E-state index contributed by atoms with van der Waals surface area (Å²) in [6.45, 7) is 11.7. The minimum absolute atomic E-state index is 0.178. The molecule has 4 nitrogen and oxygen atoms in total. The van der Waals surface area contributed by atoms with Crippen molar-refractivity contribution in [2.45, 2.75) is 45.3 Å². The summed E-state index contributed by atoms with van der Waals surface area (Å²) in [5, 5.41) is 0.931. The second-order valence-electron chi connectivity index (χ2n) is 5.43. The van der Waals surface area contributed by atoms with Crippen molar-refractivity contribution in [2.75, 3.05) is 6.54 Å². The zero-order valence-electron chi connectivity index (χ0n) is 10.4. The lowest BCUT2D eigenvalue weighted by Gasteiger charge is -2.27. The Morgan fingerprint density at radius 1 is 1.44 bits per heavy atom. The maximum Gasteiger partial charge on any atom is 0.233 e. The Balaban J connectivity index is 2.66. The van der Waals surface area contributed by atoms with Crippen LogP contribution in [0.3, 0.4) is 0 Å². The highest BCUT2D eigenvalue weighted by Crippen LogP contribution is 2.41. The predicted molar refractivity (Wildman–Crippen MR) is 64.5 cm³/mol. The second-order valence-corrected chi connectivity index (χ2v) is 7.14. The van der Waals surface area contributed by atoms with Crippen LogP contribution in [0.15, 0.2) is 12.0 Å². The van der Waals surface area contributed by atoms with Crippen molar-refractivity contribution in [1.82, 2.24) is 4.72 Å². The SMILES string of the molecule is C=CS(=O)(=O)NCC1CC(C)(C)OC1(C)C. The van der Waals surface area contributed by atoms with E-state index in [9.17, 15) is 8.42 Å². The number of ether oxygens (including phenoxy) is 1. The molecule has 0 aromatic heterocycles. The molecule has 0 saturated carbocycles. The maximum absolute atomic E-state index is 11.3. The first-order valence-corrected chi connectivity index (χ1v) is 6.95. The van der Waals surface area contributed by atoms with E-state index in [4.69, 9.17) is 4.74 Å². The Labute approximate surface area is 98.1 Å². The van der Waals surface area contributed by atoms with Crippen LogP contribution in [0.25, 0.3) is 0 Å². The predicted octanol–water partition coefficient (Wildman–Crippen LogP) is 1.64. The van der Waals surface area contributed by atoms with E-state index in [-0.39, 0.29) is 17.1 Å². The summed E-state index contributed by atoms with van der Waals surface area (Å²) in [7, 11) is -3.34. The fourth-order valence-electron chi connectivity index (χ4n) is 2.27. The maximum atomic E-state index is 11.3. The van der Waals surface area contributed by atoms with Gasteiger partial charge in [-0.2, -0.15) is 0 Å². The van der Waals surface area contributed by atoms with E-state index in [0.717, 1.165) is 11.8 Å². The number of hydrogen-bond acceptors (Lipinski definition) is 3. The average Bonchev–Trinajstić information content (AvgIpc) is 2.31. The topological polar surface area (TPSA) is 55.4 Å². The Morgan fingerprint density at radius 3 is 2.38 bits per heavy atom. The zero-order chi connectivity index (χ0) is 12.6. The first-order chi connectivity index (χ1) is 7.08. The Hall–Kier alpha value is -0.390. The minimum Gasteiger partial charge on any atom is -0.369 e. The van der Waals surface area contributed by atoms with Gasteiger partial charge in [-0.15, -0.1) is 0 Å². The van der Waals surface area contributed by atoms with Gasteiger partial charge in [0.25, 0.3) is 0 Å². The van der Waals surface area contributed by atoms with Gasteiger partial charge < -0.3 is 4.74 Å². The van der Waals surface area contributed by atoms with Gasteiger partial charge in [0.05, 0.1) is 11.2 Å². The summed E-state index contributed by atoms with van der Waals surface area (Å²) in [6.07, 6.45) is 0.847. The van der Waals surface area contributed by atoms with Crippen LogP contribution < -0.4 is 4.72 Å². The van der Waals surface area contributed by atoms with Gasteiger partial charge in [0.1, 0.15) is 0 Å². The Morgan fingerprint density at radius 2 is 2.00 bits per heavy atom. The molecule has 0 aromatic rings. The largest absolute Gasteiger partial charge is 0.369 e. The molecule has 94 valence electrons. The van der Waals surface area contributed by atoms with Gasteiger partial charge in [0, 0.05) is 17.9 Å². The standard InChI is InChI=1S/C11H21NO3S/c1-6-16(13,14)12-8-9-7-10(2,3)15-11(9,4)5/h6,9,12H,1,7-8H2,2-5H3. The molecule has 1 atom stereocenters. The van der Waals surface area contributed by atoms with E-state index in [2.05, 4.69) is 11.3 Å². The lowest BCUT2D eigenvalue weighted by Crippen LogP contribution is -2.37. The Bertz CT molecular complexity index is 371. The molecule has 16 heavy (non-hydrogen) atoms. The summed E-state index contributed by atoms with van der Waals surface area (Å²) in [6, 6.07) is 0. The van der Waals surface area contributed by atoms with E-state index >= 15 is 0 Å². The molecule has 1 saturated heterocycles. The average molecular weight is 247 g/mol. The van der Waals surface area contributed by atoms with Gasteiger partial charge in [-0.3, -0.25) is 0 Å². The van der Waals surface area contributed by atoms with Crippen molar-refractivity contribution < 1.29 is 13.2 Å². The van der Waals surface area contributed by atoms with Crippen molar-refractivity contribution >= 4 is 10.0 Å². The molecule has 1 unspecified atom stereocenters. The van der Waals surface area contributed by atoms with Crippen LogP contribution in [0.4, 0.5) is 0 Å². The second kappa shape index (κ2) is 4.13. The fraction of sp³-hybridized carbons (Fsp3) is 0.818. The van der Waals surface area contributed by atoms with Crippen LogP contribution in [-0.2, 0) is 14.8 Å². The quantitative estimate of drug-likeness (QED) is 0.821. The van der Waals surface area contributed by atoms with E-state index in [1.54, 1.807) is 0 Å². The van der Waals surface area contributed by atoms with Gasteiger partial charge in [-0.05, 0) is 34.1 Å². The molecule has 0 amide bonds. The number of hydrogen-bond donors (Lipinski definition) is 1. The van der Waals surface area contributed by atoms with Crippen molar-refractivity contribution in [3.63, 3.8) is 0 Å². The van der Waals surface area contributed by atoms with Gasteiger partial charge in [-0.1, -0.05) is 6.58 Å². The highest BCUT2D eigenvalue weighted by Gasteiger charge is 2.45. The summed E-state index contributed by atoms with van der Waals surface area (Å²) < 4.78 is 30.9. The van der Waals surface area contributed by atoms with Crippen molar-refractivity contribution in [3.8, 4) is 0 Å². The monoisotopic (exact) mass is 247 g/mol. The van der Waals surface area contributed by atoms with Crippen LogP contribution in [0.1, 0.15) is 34.1 Å². The molecule has 1 N–H and O–H groups in total. The summed E-state index contributed by atoms with van der Waals surface area (Å²) in [5.41, 5.74) is -0.485. The van der Waals surface area contributed by atoms with Crippen molar-refractivity contribution in [2.24, 2.45) is 5.92 Å². The van der Waals surface area contributed by atoms with E-state index in [1.165, 1.54) is 0 Å². The smallest absolute Gasteiger partial charge is 0.233 e. The van der Waals surface area contributed by atoms with Gasteiger partial charge in [-0.25, -0.2) is 13.1 Å². The third-order valence-electron chi connectivity index (χ3n) is 3.01. The molecule has 0 spiro atoms. The van der Waals surface area contributed by atoms with Gasteiger partial charge >= 0.3 is 0 Å². The van der Waals surface area contributed by atoms with Crippen molar-refractivity contribution in [1.29, 1.82) is 0 Å². The first kappa shape index (κ1) is 13.7. The molecule has 1 rings (SSSR count). The summed E-state index contributed by atoms with van der Waals surface area (Å²) in [4.78, 5) is 0. The zero-order valence-corrected chi connectivity index (χ0v) is 11.2. The van der Waals surface area contributed by atoms with E-state index in [0.29, 0.717) is 6.54 Å². The van der Waals surface area contributed by atoms with Crippen molar-refractivity contribution in [3.05, 3.63) is 12.0 Å². The summed E-state index contributed by atoms with van der Waals surface area (Å²) in [5.74, 6) is 0.178. The summed E-state index contributed by atoms with van der Waals surface area (Å²) >= 11 is 0. The number of nitrogens with one attached hydrogen (secondary N) is 1. The molecule has 1 aliphatic heterocycles. The third kappa shape index (κ3) is 3.30. The number of sulfonamides is 1. The molecule has 0 bridgehead atoms. The third-order valence-corrected chi connectivity index (χ3v) is 4.02. The van der Waals surface area contributed by atoms with E-state index in [1.807, 2.05) is 27.7 Å². The first-order valence-electron chi connectivity index (χ1n) is 5.40. The number of rotatable bonds is 4. The highest BCUT2D eigenvalue weighted by atomic mass is 32.2. The fourth-order valence-corrected chi connectivity index (χ4v) is 2.82. The lowest BCUT2D eigenvalue weighted by atomic mass is 9.88. The minimum atomic E-state index is -3.34. The van der Waals surface area contributed by atoms with Gasteiger partial charge in [0.2, 0.25) is 10.0 Å². The normalized spacial score (nSPS) is 27.9. The van der Waals surface area contributed by atoms with Crippen LogP contribution in [0.5, 0.6) is 0 Å². The highest BCUT2D eigenvalue weighted by molar-refractivity contribution is 7.92. The molecule has 1 heterocycles. The van der Waals surface area contributed by atoms with Crippen LogP contribution >= 0.6 is 0 Å². The van der Waals surface area contributed by atoms with Gasteiger partial charge in [0.15, 0.2) is 0 Å². The van der Waals surface area contributed by atoms with Crippen LogP contribution in [0, 0.1) is 5.92 Å². The molecular formula is C11H21NO3S. The van der Waals surface area contributed by atoms with Crippen LogP contribution in [0.2, 0.25) is 0 Å².